The number of unbranched alkanes of at least 4 members (excludes halogenated alkanes) is 1. The van der Waals surface area contributed by atoms with Crippen molar-refractivity contribution in [1.29, 1.82) is 0 Å². The molecule has 0 saturated carbocycles. The van der Waals surface area contributed by atoms with Gasteiger partial charge in [-0.3, -0.25) is 0 Å². The molecule has 2 rings (SSSR count). The number of halogens is 1. The fourth-order valence-electron chi connectivity index (χ4n) is 2.24. The van der Waals surface area contributed by atoms with Gasteiger partial charge in [0.1, 0.15) is 5.75 Å². The van der Waals surface area contributed by atoms with Gasteiger partial charge < -0.3 is 9.84 Å². The lowest BCUT2D eigenvalue weighted by molar-refractivity contribution is 0.190. The van der Waals surface area contributed by atoms with Gasteiger partial charge in [0.25, 0.3) is 0 Å². The number of hydrogen-bond acceptors (Lipinski definition) is 2. The van der Waals surface area contributed by atoms with E-state index in [2.05, 4.69) is 40.2 Å². The molecular weight excluding hydrogens is 328 g/mol. The van der Waals surface area contributed by atoms with Gasteiger partial charge in [-0.15, -0.1) is 0 Å². The van der Waals surface area contributed by atoms with Crippen molar-refractivity contribution >= 4 is 15.9 Å². The van der Waals surface area contributed by atoms with E-state index < -0.39 is 6.10 Å². The largest absolute Gasteiger partial charge is 0.493 e. The van der Waals surface area contributed by atoms with Gasteiger partial charge in [-0.1, -0.05) is 52.3 Å². The zero-order chi connectivity index (χ0) is 15.1. The summed E-state index contributed by atoms with van der Waals surface area (Å²) in [6.07, 6.45) is 2.66. The van der Waals surface area contributed by atoms with Crippen molar-refractivity contribution in [3.63, 3.8) is 0 Å². The van der Waals surface area contributed by atoms with Crippen LogP contribution >= 0.6 is 15.9 Å². The van der Waals surface area contributed by atoms with E-state index >= 15 is 0 Å². The van der Waals surface area contributed by atoms with Crippen molar-refractivity contribution in [3.8, 4) is 5.75 Å². The van der Waals surface area contributed by atoms with Crippen molar-refractivity contribution in [3.05, 3.63) is 64.1 Å². The second-order valence-electron chi connectivity index (χ2n) is 5.15. The average molecular weight is 349 g/mol. The Morgan fingerprint density at radius 2 is 1.86 bits per heavy atom. The van der Waals surface area contributed by atoms with Gasteiger partial charge in [-0.2, -0.15) is 0 Å². The standard InChI is InChI=1S/C18H21BrO2/c1-14(20)17-11-10-16(19)13-18(17)21-12-6-5-9-15-7-3-2-4-8-15/h2-4,7-8,10-11,13-14,20H,5-6,9,12H2,1H3. The summed E-state index contributed by atoms with van der Waals surface area (Å²) < 4.78 is 6.79. The van der Waals surface area contributed by atoms with Crippen LogP contribution in [0.3, 0.4) is 0 Å². The fraction of sp³-hybridized carbons (Fsp3) is 0.333. The van der Waals surface area contributed by atoms with Crippen LogP contribution in [0.5, 0.6) is 5.75 Å². The number of rotatable bonds is 7. The molecule has 2 nitrogen and oxygen atoms in total. The molecular formula is C18H21BrO2. The highest BCUT2D eigenvalue weighted by atomic mass is 79.9. The lowest BCUT2D eigenvalue weighted by atomic mass is 10.1. The predicted octanol–water partition coefficient (Wildman–Crippen LogP) is 4.90. The monoisotopic (exact) mass is 348 g/mol. The normalized spacial score (nSPS) is 12.1. The van der Waals surface area contributed by atoms with Gasteiger partial charge in [0.15, 0.2) is 0 Å². The van der Waals surface area contributed by atoms with E-state index in [4.69, 9.17) is 4.74 Å². The SMILES string of the molecule is CC(O)c1ccc(Br)cc1OCCCCc1ccccc1. The minimum absolute atomic E-state index is 0.516. The Kier molecular flexibility index (Phi) is 6.27. The van der Waals surface area contributed by atoms with E-state index in [-0.39, 0.29) is 0 Å². The molecule has 112 valence electrons. The van der Waals surface area contributed by atoms with Gasteiger partial charge in [-0.05, 0) is 43.9 Å². The smallest absolute Gasteiger partial charge is 0.126 e. The summed E-state index contributed by atoms with van der Waals surface area (Å²) in [6.45, 7) is 2.43. The Morgan fingerprint density at radius 1 is 1.10 bits per heavy atom. The third-order valence-electron chi connectivity index (χ3n) is 3.39. The van der Waals surface area contributed by atoms with E-state index in [0.29, 0.717) is 6.61 Å². The van der Waals surface area contributed by atoms with Crippen LogP contribution in [-0.4, -0.2) is 11.7 Å². The summed E-state index contributed by atoms with van der Waals surface area (Å²) in [5.74, 6) is 0.763. The lowest BCUT2D eigenvalue weighted by Gasteiger charge is -2.14. The zero-order valence-electron chi connectivity index (χ0n) is 12.3. The van der Waals surface area contributed by atoms with E-state index in [1.165, 1.54) is 5.56 Å². The molecule has 0 fully saturated rings. The number of aryl methyl sites for hydroxylation is 1. The number of hydrogen-bond donors (Lipinski definition) is 1. The zero-order valence-corrected chi connectivity index (χ0v) is 13.8. The van der Waals surface area contributed by atoms with Crippen molar-refractivity contribution in [2.45, 2.75) is 32.3 Å². The summed E-state index contributed by atoms with van der Waals surface area (Å²) >= 11 is 3.44. The second-order valence-corrected chi connectivity index (χ2v) is 6.06. The number of aliphatic hydroxyl groups excluding tert-OH is 1. The third kappa shape index (κ3) is 5.18. The molecule has 1 N–H and O–H groups in total. The number of ether oxygens (including phenoxy) is 1. The fourth-order valence-corrected chi connectivity index (χ4v) is 2.58. The maximum absolute atomic E-state index is 9.75. The Balaban J connectivity index is 1.79. The first-order chi connectivity index (χ1) is 10.2. The van der Waals surface area contributed by atoms with Gasteiger partial charge in [-0.25, -0.2) is 0 Å². The molecule has 0 saturated heterocycles. The molecule has 1 atom stereocenters. The van der Waals surface area contributed by atoms with Crippen LogP contribution in [0.2, 0.25) is 0 Å². The van der Waals surface area contributed by atoms with Gasteiger partial charge in [0, 0.05) is 10.0 Å². The average Bonchev–Trinajstić information content (AvgIpc) is 2.48. The second kappa shape index (κ2) is 8.20. The highest BCUT2D eigenvalue weighted by Crippen LogP contribution is 2.28. The molecule has 2 aromatic rings. The molecule has 0 heterocycles. The molecule has 21 heavy (non-hydrogen) atoms. The third-order valence-corrected chi connectivity index (χ3v) is 3.88. The molecule has 0 aliphatic carbocycles. The van der Waals surface area contributed by atoms with Crippen LogP contribution in [0.1, 0.15) is 37.0 Å². The molecule has 0 bridgehead atoms. The Labute approximate surface area is 134 Å². The minimum atomic E-state index is -0.516. The summed E-state index contributed by atoms with van der Waals surface area (Å²) in [5, 5.41) is 9.75. The Morgan fingerprint density at radius 3 is 2.57 bits per heavy atom. The van der Waals surface area contributed by atoms with Crippen molar-refractivity contribution < 1.29 is 9.84 Å². The van der Waals surface area contributed by atoms with E-state index in [1.54, 1.807) is 6.92 Å². The summed E-state index contributed by atoms with van der Waals surface area (Å²) in [6, 6.07) is 16.2. The Hall–Kier alpha value is -1.32. The van der Waals surface area contributed by atoms with Crippen LogP contribution in [-0.2, 0) is 6.42 Å². The highest BCUT2D eigenvalue weighted by molar-refractivity contribution is 9.10. The van der Waals surface area contributed by atoms with Crippen LogP contribution in [0.15, 0.2) is 53.0 Å². The van der Waals surface area contributed by atoms with Crippen LogP contribution in [0.4, 0.5) is 0 Å². The van der Waals surface area contributed by atoms with Crippen molar-refractivity contribution in [2.24, 2.45) is 0 Å². The first-order valence-electron chi connectivity index (χ1n) is 7.31. The van der Waals surface area contributed by atoms with Crippen LogP contribution in [0, 0.1) is 0 Å². The topological polar surface area (TPSA) is 29.5 Å². The quantitative estimate of drug-likeness (QED) is 0.720. The first-order valence-corrected chi connectivity index (χ1v) is 8.10. The van der Waals surface area contributed by atoms with Crippen molar-refractivity contribution in [2.75, 3.05) is 6.61 Å². The molecule has 0 amide bonds. The number of aliphatic hydroxyl groups is 1. The number of benzene rings is 2. The summed E-state index contributed by atoms with van der Waals surface area (Å²) in [7, 11) is 0. The lowest BCUT2D eigenvalue weighted by Crippen LogP contribution is -2.03. The van der Waals surface area contributed by atoms with Gasteiger partial charge in [0.05, 0.1) is 12.7 Å². The first kappa shape index (κ1) is 16.1. The highest BCUT2D eigenvalue weighted by Gasteiger charge is 2.09. The molecule has 3 heteroatoms. The van der Waals surface area contributed by atoms with Gasteiger partial charge >= 0.3 is 0 Å². The molecule has 0 aromatic heterocycles. The molecule has 1 unspecified atom stereocenters. The molecule has 0 aliphatic rings. The van der Waals surface area contributed by atoms with E-state index in [9.17, 15) is 5.11 Å². The van der Waals surface area contributed by atoms with Crippen LogP contribution < -0.4 is 4.74 Å². The van der Waals surface area contributed by atoms with E-state index in [1.807, 2.05) is 24.3 Å². The summed E-state index contributed by atoms with van der Waals surface area (Å²) in [5.41, 5.74) is 2.20. The maximum Gasteiger partial charge on any atom is 0.126 e. The Bertz CT molecular complexity index is 552. The van der Waals surface area contributed by atoms with Gasteiger partial charge in [0.2, 0.25) is 0 Å². The molecule has 0 aliphatic heterocycles. The summed E-state index contributed by atoms with van der Waals surface area (Å²) in [4.78, 5) is 0. The minimum Gasteiger partial charge on any atom is -0.493 e. The molecule has 0 spiro atoms. The van der Waals surface area contributed by atoms with E-state index in [0.717, 1.165) is 35.0 Å². The molecule has 0 radical (unpaired) electrons. The van der Waals surface area contributed by atoms with Crippen LogP contribution in [0.25, 0.3) is 0 Å². The van der Waals surface area contributed by atoms with Crippen molar-refractivity contribution in [1.82, 2.24) is 0 Å². The maximum atomic E-state index is 9.75. The molecule has 2 aromatic carbocycles. The predicted molar refractivity (Wildman–Crippen MR) is 89.7 cm³/mol.